The average molecular weight is 1380 g/mol. The maximum Gasteiger partial charge on any atom is 0.409 e. The standard InChI is InChI=1S/C71H90ClN9O15S/c1-44-18-17-25-58(90-10)71(88)41-57(94-69(87)76-71)45(2)66-70(4,96-66)59(40-62(84)79(7)55-37-47(36-44)38-56(89-9)64(55)72)95-67(86)46(3)78(6)61(83)27-32-91-34-35-92-33-30-75-68(97)74-29-28-73-60(82)26-31-81-49(39-48-19-11-16-24-54(48)81)42-77(5)80(8)63(85)43-93-65-52-22-14-12-20-50(52)51-21-13-15-23-53(51)65/h11-25,37-39,45-46,57-59,65-66,88H,26-36,40-43H2,1-10H3,(H,73,82)(H,76,87)(H2,74,75,97)/b25-17+,44-18+/t45-,46+,57+,58-,59+,66?,70+,71+/m1/s1. The Labute approximate surface area is 576 Å². The number of epoxide rings is 1. The van der Waals surface area contributed by atoms with Gasteiger partial charge in [0.2, 0.25) is 17.7 Å². The number of ether oxygens (including phenoxy) is 8. The van der Waals surface area contributed by atoms with Crippen molar-refractivity contribution >= 4 is 81.2 Å². The molecule has 2 fully saturated rings. The van der Waals surface area contributed by atoms with E-state index >= 15 is 0 Å². The van der Waals surface area contributed by atoms with Crippen molar-refractivity contribution in [3.8, 4) is 16.9 Å². The van der Waals surface area contributed by atoms with Crippen LogP contribution < -0.4 is 30.9 Å². The number of rotatable bonds is 26. The van der Waals surface area contributed by atoms with Gasteiger partial charge >= 0.3 is 12.1 Å². The minimum absolute atomic E-state index is 0.0434. The molecular formula is C71H90ClN9O15S. The van der Waals surface area contributed by atoms with Gasteiger partial charge in [0.1, 0.15) is 53.4 Å². The lowest BCUT2D eigenvalue weighted by molar-refractivity contribution is -0.162. The third-order valence-corrected chi connectivity index (χ3v) is 19.2. The second-order valence-electron chi connectivity index (χ2n) is 25.1. The van der Waals surface area contributed by atoms with Crippen LogP contribution in [0.25, 0.3) is 22.0 Å². The molecule has 5 amide bonds. The molecule has 8 atom stereocenters. The zero-order valence-electron chi connectivity index (χ0n) is 56.7. The zero-order chi connectivity index (χ0) is 69.7. The van der Waals surface area contributed by atoms with E-state index in [2.05, 4.69) is 44.0 Å². The average Bonchev–Trinajstić information content (AvgIpc) is 1.60. The number of anilines is 1. The summed E-state index contributed by atoms with van der Waals surface area (Å²) in [6.45, 7) is 9.56. The molecule has 1 aliphatic carbocycles. The second kappa shape index (κ2) is 33.0. The Morgan fingerprint density at radius 2 is 1.55 bits per heavy atom. The van der Waals surface area contributed by atoms with Crippen molar-refractivity contribution in [2.24, 2.45) is 5.92 Å². The van der Waals surface area contributed by atoms with E-state index < -0.39 is 71.6 Å². The van der Waals surface area contributed by atoms with Gasteiger partial charge in [-0.15, -0.1) is 0 Å². The fourth-order valence-electron chi connectivity index (χ4n) is 12.6. The highest BCUT2D eigenvalue weighted by Crippen LogP contribution is 2.50. The van der Waals surface area contributed by atoms with Crippen LogP contribution in [0.15, 0.2) is 115 Å². The van der Waals surface area contributed by atoms with Crippen LogP contribution in [0.3, 0.4) is 0 Å². The minimum atomic E-state index is -1.87. The van der Waals surface area contributed by atoms with E-state index in [1.165, 1.54) is 38.0 Å². The quantitative estimate of drug-likeness (QED) is 0.0121. The number of methoxy groups -OCH3 is 2. The molecule has 3 aliphatic heterocycles. The molecule has 1 aromatic heterocycles. The molecule has 4 bridgehead atoms. The first-order valence-electron chi connectivity index (χ1n) is 32.6. The maximum atomic E-state index is 14.4. The monoisotopic (exact) mass is 1380 g/mol. The van der Waals surface area contributed by atoms with Gasteiger partial charge in [-0.2, -0.15) is 0 Å². The summed E-state index contributed by atoms with van der Waals surface area (Å²) >= 11 is 12.3. The van der Waals surface area contributed by atoms with Gasteiger partial charge in [-0.25, -0.2) is 14.6 Å². The maximum absolute atomic E-state index is 14.4. The number of hydrogen-bond donors (Lipinski definition) is 5. The predicted molar refractivity (Wildman–Crippen MR) is 369 cm³/mol. The van der Waals surface area contributed by atoms with Crippen molar-refractivity contribution in [1.82, 2.24) is 40.8 Å². The summed E-state index contributed by atoms with van der Waals surface area (Å²) in [5, 5.41) is 28.6. The topological polar surface area (TPSA) is 266 Å². The van der Waals surface area contributed by atoms with Crippen LogP contribution >= 0.6 is 23.8 Å². The van der Waals surface area contributed by atoms with Gasteiger partial charge in [0.05, 0.1) is 64.7 Å². The van der Waals surface area contributed by atoms with E-state index in [-0.39, 0.29) is 75.1 Å². The number of halogens is 1. The molecule has 4 aliphatic rings. The van der Waals surface area contributed by atoms with E-state index in [0.29, 0.717) is 62.3 Å². The first kappa shape index (κ1) is 73.3. The molecule has 522 valence electrons. The van der Waals surface area contributed by atoms with Gasteiger partial charge in [-0.1, -0.05) is 109 Å². The van der Waals surface area contributed by atoms with E-state index in [0.717, 1.165) is 50.0 Å². The van der Waals surface area contributed by atoms with Gasteiger partial charge in [-0.3, -0.25) is 29.5 Å². The number of alkyl carbamates (subject to hydrolysis) is 1. The summed E-state index contributed by atoms with van der Waals surface area (Å²) in [6, 6.07) is 28.8. The summed E-state index contributed by atoms with van der Waals surface area (Å²) in [6.07, 6.45) is 0.351. The number of nitrogens with zero attached hydrogens (tertiary/aromatic N) is 5. The van der Waals surface area contributed by atoms with Crippen LogP contribution in [0.2, 0.25) is 5.02 Å². The molecule has 0 radical (unpaired) electrons. The number of nitrogens with one attached hydrogen (secondary N) is 4. The molecule has 5 N–H and O–H groups in total. The third kappa shape index (κ3) is 17.8. The highest BCUT2D eigenvalue weighted by Gasteiger charge is 2.64. The first-order chi connectivity index (χ1) is 46.4. The Morgan fingerprint density at radius 1 is 0.876 bits per heavy atom. The second-order valence-corrected chi connectivity index (χ2v) is 25.9. The van der Waals surface area contributed by atoms with Crippen molar-refractivity contribution in [1.29, 1.82) is 0 Å². The Balaban J connectivity index is 0.671. The number of esters is 1. The van der Waals surface area contributed by atoms with Crippen molar-refractivity contribution in [2.45, 2.75) is 121 Å². The Kier molecular flexibility index (Phi) is 25.0. The van der Waals surface area contributed by atoms with Crippen molar-refractivity contribution in [3.05, 3.63) is 142 Å². The lowest BCUT2D eigenvalue weighted by atomic mass is 9.83. The Hall–Kier alpha value is -7.98. The third-order valence-electron chi connectivity index (χ3n) is 18.5. The van der Waals surface area contributed by atoms with Crippen LogP contribution in [0.4, 0.5) is 10.5 Å². The summed E-state index contributed by atoms with van der Waals surface area (Å²) in [5.74, 6) is -2.22. The van der Waals surface area contributed by atoms with Crippen molar-refractivity contribution in [3.63, 3.8) is 0 Å². The van der Waals surface area contributed by atoms with Crippen LogP contribution in [-0.4, -0.2) is 202 Å². The van der Waals surface area contributed by atoms with E-state index in [4.69, 9.17) is 61.7 Å². The van der Waals surface area contributed by atoms with Crippen LogP contribution in [0.5, 0.6) is 5.75 Å². The van der Waals surface area contributed by atoms with E-state index in [1.807, 2.05) is 85.7 Å². The highest BCUT2D eigenvalue weighted by atomic mass is 35.5. The lowest BCUT2D eigenvalue weighted by Gasteiger charge is -2.42. The number of aryl methyl sites for hydroxylation is 1. The van der Waals surface area contributed by atoms with Crippen molar-refractivity contribution < 1.29 is 71.8 Å². The predicted octanol–water partition coefficient (Wildman–Crippen LogP) is 7.15. The number of benzene rings is 4. The fraction of sp³-hybridized carbons (Fsp3) is 0.479. The van der Waals surface area contributed by atoms with Crippen molar-refractivity contribution in [2.75, 3.05) is 100.0 Å². The smallest absolute Gasteiger partial charge is 0.409 e. The number of carbonyl (C=O) groups is 6. The molecule has 0 spiro atoms. The molecule has 1 unspecified atom stereocenters. The molecule has 2 saturated heterocycles. The number of amides is 5. The largest absolute Gasteiger partial charge is 0.495 e. The van der Waals surface area contributed by atoms with Gasteiger partial charge < -0.3 is 73.3 Å². The van der Waals surface area contributed by atoms with Gasteiger partial charge in [0.25, 0.3) is 5.91 Å². The summed E-state index contributed by atoms with van der Waals surface area (Å²) in [7, 11) is 9.53. The molecule has 97 heavy (non-hydrogen) atoms. The summed E-state index contributed by atoms with van der Waals surface area (Å²) < 4.78 is 49.4. The number of fused-ring (bicyclic) bond motifs is 9. The summed E-state index contributed by atoms with van der Waals surface area (Å²) in [5.41, 5.74) is 5.14. The van der Waals surface area contributed by atoms with Gasteiger partial charge in [-0.05, 0) is 96.9 Å². The highest BCUT2D eigenvalue weighted by molar-refractivity contribution is 7.80. The molecule has 9 rings (SSSR count). The van der Waals surface area contributed by atoms with E-state index in [9.17, 15) is 33.9 Å². The number of likely N-dealkylation sites (N-methyl/N-ethyl adjacent to an activating group) is 2. The number of aromatic nitrogens is 1. The Morgan fingerprint density at radius 3 is 2.26 bits per heavy atom. The van der Waals surface area contributed by atoms with Gasteiger partial charge in [0, 0.05) is 91.4 Å². The van der Waals surface area contributed by atoms with Crippen LogP contribution in [0.1, 0.15) is 81.9 Å². The molecule has 4 heterocycles. The molecule has 0 saturated carbocycles. The number of para-hydroxylation sites is 1. The number of thiocarbonyl (C=S) groups is 1. The number of hydrazine groups is 1. The zero-order valence-corrected chi connectivity index (χ0v) is 58.3. The normalized spacial score (nSPS) is 22.8. The number of carbonyl (C=O) groups excluding carboxylic acids is 6. The van der Waals surface area contributed by atoms with Crippen LogP contribution in [0, 0.1) is 5.92 Å². The SMILES string of the molecule is COc1cc2cc(c1Cl)N(C)C(=O)C[C@H](OC(=O)[C@H](C)N(C)C(=O)CCOCCOCCNC(=S)NCCNC(=O)CCn1c(CN(C)N(C)C(=O)COC3c4ccccc4-c4ccccc43)cc3ccccc31)[C@]1(C)OC1[C@H](C)[C@@H]1C[C@@](O)(NC(=O)O1)[C@H](OC)/C=C/C=C(\C)C2. The number of hydrogen-bond acceptors (Lipinski definition) is 17. The molecular weight excluding hydrogens is 1290 g/mol. The van der Waals surface area contributed by atoms with Crippen LogP contribution in [-0.2, 0) is 76.6 Å². The molecule has 4 aromatic carbocycles. The molecule has 24 nitrogen and oxygen atoms in total. The summed E-state index contributed by atoms with van der Waals surface area (Å²) in [4.78, 5) is 84.4. The first-order valence-corrected chi connectivity index (χ1v) is 33.4. The van der Waals surface area contributed by atoms with Gasteiger partial charge in [0.15, 0.2) is 10.8 Å². The Bertz CT molecular complexity index is 3690. The van der Waals surface area contributed by atoms with E-state index in [1.54, 1.807) is 57.2 Å². The lowest BCUT2D eigenvalue weighted by Crippen LogP contribution is -2.63. The number of aliphatic hydroxyl groups is 1. The minimum Gasteiger partial charge on any atom is -0.495 e. The number of allylic oxidation sites excluding steroid dienone is 3. The molecule has 26 heteroatoms. The molecule has 5 aromatic rings. The fourth-order valence-corrected chi connectivity index (χ4v) is 13.1.